The van der Waals surface area contributed by atoms with Gasteiger partial charge in [-0.25, -0.2) is 15.1 Å². The molecule has 0 bridgehead atoms. The lowest BCUT2D eigenvalue weighted by Gasteiger charge is -2.37. The lowest BCUT2D eigenvalue weighted by Crippen LogP contribution is -2.57. The van der Waals surface area contributed by atoms with E-state index in [-0.39, 0.29) is 5.92 Å². The number of hydrogen-bond donors (Lipinski definition) is 7. The van der Waals surface area contributed by atoms with E-state index in [2.05, 4.69) is 63.8 Å². The van der Waals surface area contributed by atoms with E-state index >= 15 is 0 Å². The molecular formula is C46H54N6O8. The van der Waals surface area contributed by atoms with E-state index in [4.69, 9.17) is 10.3 Å². The van der Waals surface area contributed by atoms with Crippen molar-refractivity contribution in [3.05, 3.63) is 126 Å². The summed E-state index contributed by atoms with van der Waals surface area (Å²) in [6.45, 7) is 5.50. The average Bonchev–Trinajstić information content (AvgIpc) is 3.29. The third kappa shape index (κ3) is 12.6. The lowest BCUT2D eigenvalue weighted by molar-refractivity contribution is -0.133. The molecule has 60 heavy (non-hydrogen) atoms. The Labute approximate surface area is 350 Å². The van der Waals surface area contributed by atoms with Crippen molar-refractivity contribution in [3.63, 3.8) is 0 Å². The third-order valence-corrected chi connectivity index (χ3v) is 10.5. The molecule has 2 saturated heterocycles. The fourth-order valence-corrected chi connectivity index (χ4v) is 7.09. The average molecular weight is 819 g/mol. The SMILES string of the molecule is C[C@@H](O)[C@H](NC(=O)N1CCCC(c2ccc(C#Cc3ccccc3)cc2)C1)C(=O)NO.C[C@@H](O)[C@H](NC(=O)N1CCN(c2ccc(-c3ccccc3)cc2)CC1)C(=O)CO. The first-order chi connectivity index (χ1) is 29.0. The molecule has 6 rings (SSSR count). The Morgan fingerprint density at radius 1 is 0.667 bits per heavy atom. The summed E-state index contributed by atoms with van der Waals surface area (Å²) in [6, 6.07) is 33.2. The molecule has 14 nitrogen and oxygen atoms in total. The second-order valence-electron chi connectivity index (χ2n) is 14.8. The first kappa shape index (κ1) is 44.9. The van der Waals surface area contributed by atoms with Crippen molar-refractivity contribution in [1.29, 1.82) is 0 Å². The number of carbonyl (C=O) groups is 4. The number of urea groups is 2. The van der Waals surface area contributed by atoms with Gasteiger partial charge < -0.3 is 40.7 Å². The zero-order valence-corrected chi connectivity index (χ0v) is 33.9. The van der Waals surface area contributed by atoms with E-state index in [0.717, 1.165) is 40.8 Å². The summed E-state index contributed by atoms with van der Waals surface area (Å²) >= 11 is 0. The van der Waals surface area contributed by atoms with Crippen LogP contribution in [0.2, 0.25) is 0 Å². The van der Waals surface area contributed by atoms with Crippen LogP contribution in [-0.4, -0.2) is 124 Å². The van der Waals surface area contributed by atoms with E-state index in [9.17, 15) is 29.4 Å². The molecule has 0 aliphatic carbocycles. The zero-order chi connectivity index (χ0) is 43.0. The number of hydrogen-bond acceptors (Lipinski definition) is 9. The fourth-order valence-electron chi connectivity index (χ4n) is 7.09. The number of piperazine rings is 1. The van der Waals surface area contributed by atoms with Gasteiger partial charge in [0.25, 0.3) is 5.91 Å². The molecule has 0 spiro atoms. The van der Waals surface area contributed by atoms with Crippen LogP contribution in [0, 0.1) is 11.8 Å². The Morgan fingerprint density at radius 3 is 1.77 bits per heavy atom. The summed E-state index contributed by atoms with van der Waals surface area (Å²) in [5.74, 6) is 5.01. The lowest BCUT2D eigenvalue weighted by atomic mass is 9.90. The minimum absolute atomic E-state index is 0.173. The monoisotopic (exact) mass is 818 g/mol. The van der Waals surface area contributed by atoms with Crippen molar-refractivity contribution in [2.45, 2.75) is 56.9 Å². The maximum Gasteiger partial charge on any atom is 0.318 e. The van der Waals surface area contributed by atoms with Crippen molar-refractivity contribution in [2.24, 2.45) is 0 Å². The van der Waals surface area contributed by atoms with Crippen molar-refractivity contribution in [3.8, 4) is 23.0 Å². The molecule has 316 valence electrons. The Morgan fingerprint density at radius 2 is 1.20 bits per heavy atom. The summed E-state index contributed by atoms with van der Waals surface area (Å²) in [4.78, 5) is 53.9. The normalized spacial score (nSPS) is 17.0. The predicted octanol–water partition coefficient (Wildman–Crippen LogP) is 3.73. The van der Waals surface area contributed by atoms with Crippen LogP contribution in [0.25, 0.3) is 11.1 Å². The molecule has 5 atom stereocenters. The Hall–Kier alpha value is -6.24. The number of nitrogens with one attached hydrogen (secondary N) is 3. The standard InChI is InChI=1S/C24H27N3O4.C22H27N3O4/c1-17(28)22(23(29)26-31)25-24(30)27-15-5-8-21(16-27)20-13-11-19(12-14-20)10-9-18-6-3-2-4-7-18;1-16(27)21(20(28)15-26)23-22(29)25-13-11-24(12-14-25)19-9-7-18(8-10-19)17-5-3-2-4-6-17/h2-4,6-7,11-14,17,21-22,28,31H,5,8,15-16H2,1H3,(H,25,30)(H,26,29);2-10,16,21,26-27H,11-15H2,1H3,(H,23,29)/t17-,21?,22+;16-,21+/m11/s1. The van der Waals surface area contributed by atoms with Crippen LogP contribution in [0.15, 0.2) is 109 Å². The highest BCUT2D eigenvalue weighted by atomic mass is 16.5. The number of carbonyl (C=O) groups excluding carboxylic acids is 4. The first-order valence-electron chi connectivity index (χ1n) is 20.1. The van der Waals surface area contributed by atoms with Crippen LogP contribution in [0.5, 0.6) is 0 Å². The molecule has 1 unspecified atom stereocenters. The van der Waals surface area contributed by atoms with Gasteiger partial charge in [-0.15, -0.1) is 0 Å². The Bertz CT molecular complexity index is 2060. The molecule has 2 heterocycles. The summed E-state index contributed by atoms with van der Waals surface area (Å²) in [5.41, 5.74) is 7.92. The number of hydroxylamine groups is 1. The van der Waals surface area contributed by atoms with Gasteiger partial charge in [0.2, 0.25) is 0 Å². The number of piperidine rings is 1. The van der Waals surface area contributed by atoms with Crippen molar-refractivity contribution in [2.75, 3.05) is 50.8 Å². The molecule has 4 aromatic carbocycles. The van der Waals surface area contributed by atoms with Gasteiger partial charge in [0.05, 0.1) is 12.2 Å². The molecule has 2 aliphatic heterocycles. The van der Waals surface area contributed by atoms with Gasteiger partial charge in [0.15, 0.2) is 5.78 Å². The van der Waals surface area contributed by atoms with Crippen LogP contribution >= 0.6 is 0 Å². The molecule has 2 fully saturated rings. The number of nitrogens with zero attached hydrogens (tertiary/aromatic N) is 3. The number of likely N-dealkylation sites (tertiary alicyclic amines) is 1. The van der Waals surface area contributed by atoms with E-state index in [1.165, 1.54) is 24.9 Å². The number of rotatable bonds is 10. The van der Waals surface area contributed by atoms with Gasteiger partial charge in [-0.05, 0) is 79.8 Å². The number of benzene rings is 4. The molecule has 4 aromatic rings. The van der Waals surface area contributed by atoms with E-state index in [1.54, 1.807) is 9.80 Å². The van der Waals surface area contributed by atoms with Gasteiger partial charge >= 0.3 is 12.1 Å². The maximum absolute atomic E-state index is 12.6. The molecule has 5 amide bonds. The summed E-state index contributed by atoms with van der Waals surface area (Å²) in [7, 11) is 0. The van der Waals surface area contributed by atoms with Crippen molar-refractivity contribution < 1.29 is 39.7 Å². The van der Waals surface area contributed by atoms with Crippen molar-refractivity contribution in [1.82, 2.24) is 25.9 Å². The maximum atomic E-state index is 12.6. The highest BCUT2D eigenvalue weighted by molar-refractivity contribution is 5.90. The first-order valence-corrected chi connectivity index (χ1v) is 20.1. The molecule has 0 aromatic heterocycles. The molecule has 7 N–H and O–H groups in total. The van der Waals surface area contributed by atoms with Crippen LogP contribution in [0.3, 0.4) is 0 Å². The molecule has 14 heteroatoms. The quantitative estimate of drug-likeness (QED) is 0.0710. The number of ketones is 1. The summed E-state index contributed by atoms with van der Waals surface area (Å²) in [5, 5.41) is 42.2. The fraction of sp³-hybridized carbons (Fsp3) is 0.348. The second kappa shape index (κ2) is 22.2. The van der Waals surface area contributed by atoms with Crippen LogP contribution in [0.4, 0.5) is 15.3 Å². The molecule has 0 radical (unpaired) electrons. The predicted molar refractivity (Wildman–Crippen MR) is 228 cm³/mol. The van der Waals surface area contributed by atoms with Crippen LogP contribution in [0.1, 0.15) is 49.3 Å². The van der Waals surface area contributed by atoms with E-state index < -0.39 is 54.7 Å². The van der Waals surface area contributed by atoms with Crippen LogP contribution in [-0.2, 0) is 9.59 Å². The number of amides is 5. The Kier molecular flexibility index (Phi) is 16.6. The van der Waals surface area contributed by atoms with Gasteiger partial charge in [-0.3, -0.25) is 14.8 Å². The highest BCUT2D eigenvalue weighted by Crippen LogP contribution is 2.28. The Balaban J connectivity index is 0.000000228. The van der Waals surface area contributed by atoms with Gasteiger partial charge in [0.1, 0.15) is 18.7 Å². The van der Waals surface area contributed by atoms with E-state index in [1.807, 2.05) is 72.8 Å². The second-order valence-corrected chi connectivity index (χ2v) is 14.8. The highest BCUT2D eigenvalue weighted by Gasteiger charge is 2.31. The molecular weight excluding hydrogens is 765 g/mol. The number of aliphatic hydroxyl groups is 3. The number of Topliss-reactive ketones (excluding diaryl/α,β-unsaturated/α-hetero) is 1. The third-order valence-electron chi connectivity index (χ3n) is 10.5. The number of aliphatic hydroxyl groups excluding tert-OH is 3. The number of anilines is 1. The van der Waals surface area contributed by atoms with Crippen LogP contribution < -0.4 is 21.0 Å². The summed E-state index contributed by atoms with van der Waals surface area (Å²) in [6.07, 6.45) is -0.418. The molecule has 2 aliphatic rings. The minimum Gasteiger partial charge on any atom is -0.391 e. The summed E-state index contributed by atoms with van der Waals surface area (Å²) < 4.78 is 0. The van der Waals surface area contributed by atoms with Gasteiger partial charge in [-0.1, -0.05) is 84.6 Å². The minimum atomic E-state index is -1.22. The van der Waals surface area contributed by atoms with Gasteiger partial charge in [0, 0.05) is 62.0 Å². The van der Waals surface area contributed by atoms with Gasteiger partial charge in [-0.2, -0.15) is 0 Å². The largest absolute Gasteiger partial charge is 0.391 e. The molecule has 0 saturated carbocycles. The smallest absolute Gasteiger partial charge is 0.318 e. The van der Waals surface area contributed by atoms with E-state index in [0.29, 0.717) is 39.3 Å². The topological polar surface area (TPSA) is 195 Å². The zero-order valence-electron chi connectivity index (χ0n) is 33.9. The van der Waals surface area contributed by atoms with Crippen molar-refractivity contribution >= 4 is 29.4 Å².